The van der Waals surface area contributed by atoms with Crippen LogP contribution in [0.2, 0.25) is 0 Å². The molecule has 2 aromatic heterocycles. The summed E-state index contributed by atoms with van der Waals surface area (Å²) in [5, 5.41) is 6.80. The number of benzene rings is 1. The summed E-state index contributed by atoms with van der Waals surface area (Å²) in [5.41, 5.74) is 3.61. The zero-order valence-corrected chi connectivity index (χ0v) is 13.4. The highest BCUT2D eigenvalue weighted by atomic mass is 127. The molecule has 3 rings (SSSR count). The third kappa shape index (κ3) is 2.52. The van der Waals surface area contributed by atoms with Crippen molar-refractivity contribution in [3.63, 3.8) is 0 Å². The highest BCUT2D eigenvalue weighted by molar-refractivity contribution is 14.1. The fourth-order valence-electron chi connectivity index (χ4n) is 2.34. The summed E-state index contributed by atoms with van der Waals surface area (Å²) in [6, 6.07) is 12.9. The third-order valence-corrected chi connectivity index (χ3v) is 4.99. The number of fused-ring (bicyclic) bond motifs is 1. The lowest BCUT2D eigenvalue weighted by molar-refractivity contribution is 0.698. The van der Waals surface area contributed by atoms with Crippen LogP contribution in [0.4, 0.5) is 0 Å². The predicted octanol–water partition coefficient (Wildman–Crippen LogP) is 4.21. The lowest BCUT2D eigenvalue weighted by Gasteiger charge is -2.17. The van der Waals surface area contributed by atoms with Crippen molar-refractivity contribution in [2.75, 3.05) is 7.05 Å². The molecule has 1 N–H and O–H groups in total. The topological polar surface area (TPSA) is 24.9 Å². The second kappa shape index (κ2) is 5.56. The van der Waals surface area contributed by atoms with Gasteiger partial charge in [-0.05, 0) is 58.3 Å². The molecule has 0 spiro atoms. The molecular weight excluding hydrogens is 367 g/mol. The van der Waals surface area contributed by atoms with Crippen LogP contribution in [0, 0.1) is 2.88 Å². The van der Waals surface area contributed by atoms with Gasteiger partial charge in [-0.1, -0.05) is 24.3 Å². The van der Waals surface area contributed by atoms with Crippen molar-refractivity contribution < 1.29 is 0 Å². The molecule has 3 aromatic rings. The first-order chi connectivity index (χ1) is 9.29. The van der Waals surface area contributed by atoms with Gasteiger partial charge in [0.25, 0.3) is 0 Å². The Morgan fingerprint density at radius 1 is 1.26 bits per heavy atom. The van der Waals surface area contributed by atoms with E-state index in [1.54, 1.807) is 11.3 Å². The number of hydrogen-bond acceptors (Lipinski definition) is 3. The SMILES string of the molecule is CNC(c1csc(I)c1)c1cccc2cccnc12. The predicted molar refractivity (Wildman–Crippen MR) is 89.7 cm³/mol. The van der Waals surface area contributed by atoms with Crippen molar-refractivity contribution in [2.24, 2.45) is 0 Å². The molecule has 0 saturated carbocycles. The first kappa shape index (κ1) is 13.0. The van der Waals surface area contributed by atoms with E-state index in [9.17, 15) is 0 Å². The van der Waals surface area contributed by atoms with Gasteiger partial charge in [0.2, 0.25) is 0 Å². The Morgan fingerprint density at radius 2 is 2.11 bits per heavy atom. The van der Waals surface area contributed by atoms with Gasteiger partial charge in [0.1, 0.15) is 0 Å². The van der Waals surface area contributed by atoms with Crippen LogP contribution in [0.1, 0.15) is 17.2 Å². The Morgan fingerprint density at radius 3 is 2.84 bits per heavy atom. The summed E-state index contributed by atoms with van der Waals surface area (Å²) >= 11 is 4.14. The summed E-state index contributed by atoms with van der Waals surface area (Å²) in [6.07, 6.45) is 1.86. The van der Waals surface area contributed by atoms with Gasteiger partial charge in [0, 0.05) is 11.6 Å². The van der Waals surface area contributed by atoms with E-state index in [-0.39, 0.29) is 6.04 Å². The van der Waals surface area contributed by atoms with E-state index in [1.807, 2.05) is 19.3 Å². The molecule has 0 radical (unpaired) electrons. The Labute approximate surface area is 130 Å². The van der Waals surface area contributed by atoms with Gasteiger partial charge < -0.3 is 5.32 Å². The van der Waals surface area contributed by atoms with E-state index in [1.165, 1.54) is 19.4 Å². The third-order valence-electron chi connectivity index (χ3n) is 3.18. The van der Waals surface area contributed by atoms with Crippen LogP contribution >= 0.6 is 33.9 Å². The van der Waals surface area contributed by atoms with Crippen molar-refractivity contribution in [2.45, 2.75) is 6.04 Å². The van der Waals surface area contributed by atoms with E-state index in [0.717, 1.165) is 5.52 Å². The van der Waals surface area contributed by atoms with Gasteiger partial charge in [-0.2, -0.15) is 0 Å². The molecule has 0 aliphatic heterocycles. The standard InChI is InChI=1S/C15H13IN2S/c1-17-14(11-8-13(16)19-9-11)12-6-2-4-10-5-3-7-18-15(10)12/h2-9,14,17H,1H3. The van der Waals surface area contributed by atoms with Crippen molar-refractivity contribution in [3.8, 4) is 0 Å². The molecule has 1 aromatic carbocycles. The van der Waals surface area contributed by atoms with Gasteiger partial charge >= 0.3 is 0 Å². The molecule has 96 valence electrons. The van der Waals surface area contributed by atoms with E-state index in [4.69, 9.17) is 0 Å². The van der Waals surface area contributed by atoms with Crippen LogP contribution in [0.25, 0.3) is 10.9 Å². The fourth-order valence-corrected chi connectivity index (χ4v) is 3.74. The smallest absolute Gasteiger partial charge is 0.0753 e. The number of nitrogens with one attached hydrogen (secondary N) is 1. The minimum atomic E-state index is 0.193. The van der Waals surface area contributed by atoms with Crippen LogP contribution in [0.15, 0.2) is 48.0 Å². The lowest BCUT2D eigenvalue weighted by Crippen LogP contribution is -2.17. The molecule has 1 atom stereocenters. The molecule has 0 aliphatic rings. The van der Waals surface area contributed by atoms with Crippen molar-refractivity contribution in [3.05, 3.63) is 62.0 Å². The number of halogens is 1. The summed E-state index contributed by atoms with van der Waals surface area (Å²) in [7, 11) is 2.00. The van der Waals surface area contributed by atoms with Gasteiger partial charge in [-0.15, -0.1) is 11.3 Å². The molecule has 2 heterocycles. The average molecular weight is 380 g/mol. The molecule has 0 saturated heterocycles. The summed E-state index contributed by atoms with van der Waals surface area (Å²) < 4.78 is 1.31. The first-order valence-corrected chi connectivity index (χ1v) is 8.00. The molecule has 0 fully saturated rings. The van der Waals surface area contributed by atoms with Gasteiger partial charge in [0.15, 0.2) is 0 Å². The zero-order valence-electron chi connectivity index (χ0n) is 10.4. The largest absolute Gasteiger partial charge is 0.309 e. The summed E-state index contributed by atoms with van der Waals surface area (Å²) in [6.45, 7) is 0. The quantitative estimate of drug-likeness (QED) is 0.689. The first-order valence-electron chi connectivity index (χ1n) is 6.04. The van der Waals surface area contributed by atoms with Gasteiger partial charge in [-0.25, -0.2) is 0 Å². The van der Waals surface area contributed by atoms with Crippen molar-refractivity contribution >= 4 is 44.8 Å². The molecule has 1 unspecified atom stereocenters. The number of hydrogen-bond donors (Lipinski definition) is 1. The van der Waals surface area contributed by atoms with E-state index >= 15 is 0 Å². The van der Waals surface area contributed by atoms with Gasteiger partial charge in [0.05, 0.1) is 14.4 Å². The van der Waals surface area contributed by atoms with E-state index in [2.05, 4.69) is 68.6 Å². The number of aromatic nitrogens is 1. The van der Waals surface area contributed by atoms with Crippen molar-refractivity contribution in [1.29, 1.82) is 0 Å². The van der Waals surface area contributed by atoms with Crippen LogP contribution in [0.3, 0.4) is 0 Å². The highest BCUT2D eigenvalue weighted by Crippen LogP contribution is 2.30. The fraction of sp³-hybridized carbons (Fsp3) is 0.133. The molecule has 0 bridgehead atoms. The summed E-state index contributed by atoms with van der Waals surface area (Å²) in [5.74, 6) is 0. The van der Waals surface area contributed by atoms with Crippen LogP contribution < -0.4 is 5.32 Å². The van der Waals surface area contributed by atoms with Gasteiger partial charge in [-0.3, -0.25) is 4.98 Å². The second-order valence-electron chi connectivity index (χ2n) is 4.33. The molecule has 4 heteroatoms. The molecule has 2 nitrogen and oxygen atoms in total. The molecule has 0 aliphatic carbocycles. The Hall–Kier alpha value is -0.980. The second-order valence-corrected chi connectivity index (χ2v) is 7.13. The maximum atomic E-state index is 4.54. The normalized spacial score (nSPS) is 12.7. The van der Waals surface area contributed by atoms with Crippen molar-refractivity contribution in [1.82, 2.24) is 10.3 Å². The lowest BCUT2D eigenvalue weighted by atomic mass is 9.98. The Bertz CT molecular complexity index is 703. The maximum Gasteiger partial charge on any atom is 0.0753 e. The van der Waals surface area contributed by atoms with E-state index < -0.39 is 0 Å². The maximum absolute atomic E-state index is 4.54. The minimum Gasteiger partial charge on any atom is -0.309 e. The van der Waals surface area contributed by atoms with Crippen LogP contribution in [-0.4, -0.2) is 12.0 Å². The summed E-state index contributed by atoms with van der Waals surface area (Å²) in [4.78, 5) is 4.54. The number of thiophene rings is 1. The Kier molecular flexibility index (Phi) is 3.81. The molecule has 19 heavy (non-hydrogen) atoms. The number of rotatable bonds is 3. The number of nitrogens with zero attached hydrogens (tertiary/aromatic N) is 1. The minimum absolute atomic E-state index is 0.193. The molecule has 0 amide bonds. The van der Waals surface area contributed by atoms with Crippen LogP contribution in [0.5, 0.6) is 0 Å². The Balaban J connectivity index is 2.16. The van der Waals surface area contributed by atoms with Crippen LogP contribution in [-0.2, 0) is 0 Å². The highest BCUT2D eigenvalue weighted by Gasteiger charge is 2.16. The zero-order chi connectivity index (χ0) is 13.2. The molecular formula is C15H13IN2S. The average Bonchev–Trinajstić information content (AvgIpc) is 2.86. The van der Waals surface area contributed by atoms with E-state index in [0.29, 0.717) is 0 Å². The number of pyridine rings is 1. The monoisotopic (exact) mass is 380 g/mol. The number of para-hydroxylation sites is 1.